The number of benzene rings is 2. The van der Waals surface area contributed by atoms with Crippen LogP contribution in [0.4, 0.5) is 0 Å². The van der Waals surface area contributed by atoms with E-state index in [4.69, 9.17) is 20.6 Å². The minimum atomic E-state index is -0.636. The van der Waals surface area contributed by atoms with Gasteiger partial charge >= 0.3 is 5.91 Å². The molecule has 0 fully saturated rings. The van der Waals surface area contributed by atoms with Crippen molar-refractivity contribution in [1.29, 1.82) is 0 Å². The molecule has 3 rings (SSSR count). The van der Waals surface area contributed by atoms with Gasteiger partial charge in [0.2, 0.25) is 0 Å². The Bertz CT molecular complexity index is 881. The Labute approximate surface area is 138 Å². The number of guanidine groups is 1. The summed E-state index contributed by atoms with van der Waals surface area (Å²) in [6.07, 6.45) is 0. The monoisotopic (exact) mass is 321 g/mol. The quantitative estimate of drug-likeness (QED) is 0.567. The molecule has 2 aromatic carbocycles. The van der Waals surface area contributed by atoms with E-state index in [9.17, 15) is 4.79 Å². The van der Waals surface area contributed by atoms with Gasteiger partial charge in [0.1, 0.15) is 17.3 Å². The van der Waals surface area contributed by atoms with Crippen LogP contribution in [0, 0.1) is 0 Å². The molecule has 3 aromatic rings. The molecule has 6 heteroatoms. The predicted octanol–water partition coefficient (Wildman–Crippen LogP) is 3.15. The predicted molar refractivity (Wildman–Crippen MR) is 90.8 cm³/mol. The number of amides is 1. The van der Waals surface area contributed by atoms with Gasteiger partial charge in [-0.15, -0.1) is 0 Å². The molecule has 0 aliphatic heterocycles. The van der Waals surface area contributed by atoms with Gasteiger partial charge in [0, 0.05) is 0 Å². The number of ether oxygens (including phenoxy) is 1. The van der Waals surface area contributed by atoms with Crippen LogP contribution in [0.1, 0.15) is 10.6 Å². The number of hydrogen-bond donors (Lipinski definition) is 2. The molecular formula is C18H15N3O3. The first kappa shape index (κ1) is 15.4. The van der Waals surface area contributed by atoms with E-state index in [1.807, 2.05) is 54.6 Å². The number of carbonyl (C=O) groups excluding carboxylic acids is 1. The second-order valence-corrected chi connectivity index (χ2v) is 4.92. The highest BCUT2D eigenvalue weighted by molar-refractivity contribution is 6.00. The van der Waals surface area contributed by atoms with Crippen LogP contribution in [0.3, 0.4) is 0 Å². The lowest BCUT2D eigenvalue weighted by atomic mass is 10.1. The highest BCUT2D eigenvalue weighted by atomic mass is 16.5. The van der Waals surface area contributed by atoms with E-state index in [0.717, 1.165) is 0 Å². The van der Waals surface area contributed by atoms with E-state index < -0.39 is 5.91 Å². The average Bonchev–Trinajstić information content (AvgIpc) is 3.06. The van der Waals surface area contributed by atoms with Crippen molar-refractivity contribution in [2.75, 3.05) is 0 Å². The van der Waals surface area contributed by atoms with Crippen molar-refractivity contribution < 1.29 is 13.9 Å². The maximum absolute atomic E-state index is 11.8. The fourth-order valence-corrected chi connectivity index (χ4v) is 2.14. The van der Waals surface area contributed by atoms with Gasteiger partial charge in [0.05, 0.1) is 5.56 Å². The van der Waals surface area contributed by atoms with Gasteiger partial charge in [-0.3, -0.25) is 4.79 Å². The number of furan rings is 1. The molecular weight excluding hydrogens is 306 g/mol. The Kier molecular flexibility index (Phi) is 4.29. The summed E-state index contributed by atoms with van der Waals surface area (Å²) >= 11 is 0. The second-order valence-electron chi connectivity index (χ2n) is 4.92. The highest BCUT2D eigenvalue weighted by Gasteiger charge is 2.15. The van der Waals surface area contributed by atoms with Crippen molar-refractivity contribution in [1.82, 2.24) is 0 Å². The number of para-hydroxylation sites is 2. The molecule has 1 aromatic heterocycles. The van der Waals surface area contributed by atoms with Crippen LogP contribution in [0.5, 0.6) is 11.5 Å². The van der Waals surface area contributed by atoms with E-state index in [0.29, 0.717) is 22.8 Å². The second kappa shape index (κ2) is 6.70. The summed E-state index contributed by atoms with van der Waals surface area (Å²) in [6.45, 7) is 0. The number of aliphatic imine (C=N–C) groups is 1. The van der Waals surface area contributed by atoms with Crippen molar-refractivity contribution in [2.24, 2.45) is 16.5 Å². The van der Waals surface area contributed by atoms with E-state index in [-0.39, 0.29) is 11.7 Å². The molecule has 0 unspecified atom stereocenters. The summed E-state index contributed by atoms with van der Waals surface area (Å²) in [4.78, 5) is 15.3. The van der Waals surface area contributed by atoms with Crippen molar-refractivity contribution in [2.45, 2.75) is 0 Å². The first-order valence-corrected chi connectivity index (χ1v) is 7.19. The molecule has 0 radical (unpaired) electrons. The molecule has 120 valence electrons. The molecule has 24 heavy (non-hydrogen) atoms. The summed E-state index contributed by atoms with van der Waals surface area (Å²) in [5.41, 5.74) is 11.1. The van der Waals surface area contributed by atoms with E-state index in [1.54, 1.807) is 6.07 Å². The summed E-state index contributed by atoms with van der Waals surface area (Å²) in [5.74, 6) is 0.893. The molecule has 0 bridgehead atoms. The number of carbonyl (C=O) groups is 1. The third-order valence-corrected chi connectivity index (χ3v) is 3.17. The maximum atomic E-state index is 11.8. The molecule has 0 atom stereocenters. The molecule has 0 spiro atoms. The minimum Gasteiger partial charge on any atom is -0.457 e. The Hall–Kier alpha value is -3.54. The lowest BCUT2D eigenvalue weighted by molar-refractivity contribution is 0.0977. The van der Waals surface area contributed by atoms with E-state index >= 15 is 0 Å². The molecule has 0 saturated carbocycles. The topological polar surface area (TPSA) is 104 Å². The zero-order valence-corrected chi connectivity index (χ0v) is 12.7. The number of nitrogens with two attached hydrogens (primary N) is 2. The molecule has 0 aliphatic carbocycles. The summed E-state index contributed by atoms with van der Waals surface area (Å²) < 4.78 is 11.4. The molecule has 0 aliphatic rings. The minimum absolute atomic E-state index is 0.0490. The van der Waals surface area contributed by atoms with Crippen LogP contribution in [0.25, 0.3) is 11.3 Å². The molecule has 6 nitrogen and oxygen atoms in total. The largest absolute Gasteiger partial charge is 0.457 e. The normalized spacial score (nSPS) is 10.2. The summed E-state index contributed by atoms with van der Waals surface area (Å²) in [5, 5.41) is 0. The van der Waals surface area contributed by atoms with Crippen LogP contribution in [-0.2, 0) is 0 Å². The third kappa shape index (κ3) is 3.44. The van der Waals surface area contributed by atoms with Crippen molar-refractivity contribution in [3.63, 3.8) is 0 Å². The highest BCUT2D eigenvalue weighted by Crippen LogP contribution is 2.34. The van der Waals surface area contributed by atoms with E-state index in [1.165, 1.54) is 6.07 Å². The number of hydrogen-bond acceptors (Lipinski definition) is 3. The zero-order valence-electron chi connectivity index (χ0n) is 12.7. The van der Waals surface area contributed by atoms with Gasteiger partial charge in [0.15, 0.2) is 11.7 Å². The van der Waals surface area contributed by atoms with Crippen molar-refractivity contribution in [3.8, 4) is 22.8 Å². The first-order valence-electron chi connectivity index (χ1n) is 7.19. The van der Waals surface area contributed by atoms with Crippen LogP contribution in [-0.4, -0.2) is 11.9 Å². The van der Waals surface area contributed by atoms with Gasteiger partial charge in [-0.1, -0.05) is 30.3 Å². The van der Waals surface area contributed by atoms with Gasteiger partial charge in [-0.2, -0.15) is 4.99 Å². The van der Waals surface area contributed by atoms with E-state index in [2.05, 4.69) is 4.99 Å². The maximum Gasteiger partial charge on any atom is 0.315 e. The molecule has 0 saturated heterocycles. The SMILES string of the molecule is NC(N)=NC(=O)c1ccc(-c2ccccc2Oc2ccccc2)o1. The number of rotatable bonds is 4. The Morgan fingerprint density at radius 1 is 0.917 bits per heavy atom. The fraction of sp³-hybridized carbons (Fsp3) is 0. The molecule has 1 amide bonds. The fourth-order valence-electron chi connectivity index (χ4n) is 2.14. The smallest absolute Gasteiger partial charge is 0.315 e. The Morgan fingerprint density at radius 3 is 2.38 bits per heavy atom. The van der Waals surface area contributed by atoms with Gasteiger partial charge in [-0.05, 0) is 36.4 Å². The van der Waals surface area contributed by atoms with Crippen LogP contribution in [0.15, 0.2) is 76.1 Å². The molecule has 1 heterocycles. The van der Waals surface area contributed by atoms with Crippen molar-refractivity contribution in [3.05, 3.63) is 72.5 Å². The first-order chi connectivity index (χ1) is 11.6. The summed E-state index contributed by atoms with van der Waals surface area (Å²) in [6, 6.07) is 19.9. The molecule has 4 N–H and O–H groups in total. The van der Waals surface area contributed by atoms with Gasteiger partial charge < -0.3 is 20.6 Å². The lowest BCUT2D eigenvalue weighted by Crippen LogP contribution is -2.24. The average molecular weight is 321 g/mol. The van der Waals surface area contributed by atoms with Crippen LogP contribution in [0.2, 0.25) is 0 Å². The Balaban J connectivity index is 1.92. The zero-order chi connectivity index (χ0) is 16.9. The van der Waals surface area contributed by atoms with Crippen LogP contribution >= 0.6 is 0 Å². The van der Waals surface area contributed by atoms with Crippen LogP contribution < -0.4 is 16.2 Å². The standard InChI is InChI=1S/C18H15N3O3/c19-18(20)21-17(22)16-11-10-15(24-16)13-8-4-5-9-14(13)23-12-6-2-1-3-7-12/h1-11H,(H4,19,20,21,22). The number of nitrogens with zero attached hydrogens (tertiary/aromatic N) is 1. The van der Waals surface area contributed by atoms with Gasteiger partial charge in [-0.25, -0.2) is 0 Å². The Morgan fingerprint density at radius 2 is 1.62 bits per heavy atom. The summed E-state index contributed by atoms with van der Waals surface area (Å²) in [7, 11) is 0. The van der Waals surface area contributed by atoms with Crippen molar-refractivity contribution >= 4 is 11.9 Å². The van der Waals surface area contributed by atoms with Gasteiger partial charge in [0.25, 0.3) is 0 Å². The third-order valence-electron chi connectivity index (χ3n) is 3.17. The lowest BCUT2D eigenvalue weighted by Gasteiger charge is -2.09.